The number of rotatable bonds is 7. The fourth-order valence-corrected chi connectivity index (χ4v) is 5.78. The van der Waals surface area contributed by atoms with Gasteiger partial charge in [-0.05, 0) is 51.0 Å². The molecular formula is C15H24N3O3PS3. The summed E-state index contributed by atoms with van der Waals surface area (Å²) in [5.41, 5.74) is 0.863. The van der Waals surface area contributed by atoms with Gasteiger partial charge in [-0.15, -0.1) is 11.8 Å². The molecule has 0 aliphatic carbocycles. The smallest absolute Gasteiger partial charge is 0.331 e. The summed E-state index contributed by atoms with van der Waals surface area (Å²) in [6.45, 7) is 7.54. The van der Waals surface area contributed by atoms with Crippen molar-refractivity contribution in [2.24, 2.45) is 5.16 Å². The number of hydrogen-bond donors (Lipinski definition) is 0. The van der Waals surface area contributed by atoms with Gasteiger partial charge in [-0.25, -0.2) is 13.2 Å². The average molecular weight is 422 g/mol. The minimum absolute atomic E-state index is 0.0197. The largest absolute Gasteiger partial charge is 0.447 e. The number of para-hydroxylation sites is 1. The monoisotopic (exact) mass is 421 g/mol. The molecule has 1 unspecified atom stereocenters. The lowest BCUT2D eigenvalue weighted by Gasteiger charge is -2.35. The molecule has 0 saturated carbocycles. The number of nitrogens with zero attached hydrogens (tertiary/aromatic N) is 3. The summed E-state index contributed by atoms with van der Waals surface area (Å²) in [4.78, 5) is 17.1. The molecule has 140 valence electrons. The predicted octanol–water partition coefficient (Wildman–Crippen LogP) is 5.19. The van der Waals surface area contributed by atoms with Crippen LogP contribution >= 0.6 is 30.3 Å². The molecule has 0 radical (unpaired) electrons. The highest BCUT2D eigenvalue weighted by Gasteiger charge is 2.28. The number of amides is 1. The molecular weight excluding hydrogens is 397 g/mol. The highest BCUT2D eigenvalue weighted by atomic mass is 32.5. The fourth-order valence-electron chi connectivity index (χ4n) is 1.66. The minimum atomic E-state index is -2.38. The van der Waals surface area contributed by atoms with Crippen molar-refractivity contribution < 1.29 is 14.2 Å². The van der Waals surface area contributed by atoms with Gasteiger partial charge in [-0.3, -0.25) is 4.84 Å². The Balaban J connectivity index is 2.98. The maximum Gasteiger partial charge on any atom is 0.447 e. The molecule has 1 amide bonds. The first-order valence-electron chi connectivity index (χ1n) is 7.50. The zero-order valence-electron chi connectivity index (χ0n) is 15.2. The third kappa shape index (κ3) is 7.58. The summed E-state index contributed by atoms with van der Waals surface area (Å²) in [5, 5.41) is 4.42. The number of benzene rings is 1. The van der Waals surface area contributed by atoms with Crippen molar-refractivity contribution in [3.63, 3.8) is 0 Å². The number of oxime groups is 1. The summed E-state index contributed by atoms with van der Waals surface area (Å²) in [5.74, 6) is 0. The van der Waals surface area contributed by atoms with Crippen LogP contribution in [-0.2, 0) is 21.2 Å². The lowest BCUT2D eigenvalue weighted by molar-refractivity contribution is 0.137. The molecule has 0 aromatic heterocycles. The van der Waals surface area contributed by atoms with Crippen molar-refractivity contribution >= 4 is 58.9 Å². The molecule has 1 aromatic carbocycles. The summed E-state index contributed by atoms with van der Waals surface area (Å²) >= 11 is 8.29. The molecule has 0 bridgehead atoms. The maximum atomic E-state index is 12.2. The molecule has 1 aromatic rings. The zero-order chi connectivity index (χ0) is 19.0. The van der Waals surface area contributed by atoms with Crippen LogP contribution in [0.1, 0.15) is 20.8 Å². The van der Waals surface area contributed by atoms with Gasteiger partial charge in [0.2, 0.25) is 0 Å². The molecule has 10 heteroatoms. The Kier molecular flexibility index (Phi) is 9.30. The van der Waals surface area contributed by atoms with E-state index in [1.165, 1.54) is 16.1 Å². The first-order valence-corrected chi connectivity index (χ1v) is 12.6. The van der Waals surface area contributed by atoms with Gasteiger partial charge in [-0.1, -0.05) is 23.4 Å². The van der Waals surface area contributed by atoms with E-state index in [1.54, 1.807) is 14.0 Å². The van der Waals surface area contributed by atoms with Crippen LogP contribution in [0.25, 0.3) is 0 Å². The number of anilines is 1. The summed E-state index contributed by atoms with van der Waals surface area (Å²) in [7, 11) is 1.61. The summed E-state index contributed by atoms with van der Waals surface area (Å²) < 4.78 is 9.17. The molecule has 0 saturated heterocycles. The van der Waals surface area contributed by atoms with Gasteiger partial charge in [-0.2, -0.15) is 0 Å². The van der Waals surface area contributed by atoms with Crippen molar-refractivity contribution in [2.75, 3.05) is 24.0 Å². The Morgan fingerprint density at radius 2 is 1.92 bits per heavy atom. The Labute approximate surface area is 163 Å². The number of thioether (sulfide) groups is 1. The molecule has 0 heterocycles. The van der Waals surface area contributed by atoms with E-state index in [0.29, 0.717) is 5.04 Å². The highest BCUT2D eigenvalue weighted by molar-refractivity contribution is 8.20. The predicted molar refractivity (Wildman–Crippen MR) is 114 cm³/mol. The van der Waals surface area contributed by atoms with Crippen molar-refractivity contribution in [1.29, 1.82) is 0 Å². The quantitative estimate of drug-likeness (QED) is 0.150. The molecule has 0 aliphatic heterocycles. The van der Waals surface area contributed by atoms with E-state index >= 15 is 0 Å². The van der Waals surface area contributed by atoms with Crippen LogP contribution in [0.15, 0.2) is 35.5 Å². The molecule has 0 spiro atoms. The van der Waals surface area contributed by atoms with Gasteiger partial charge in [0, 0.05) is 13.7 Å². The van der Waals surface area contributed by atoms with Crippen LogP contribution in [0, 0.1) is 0 Å². The summed E-state index contributed by atoms with van der Waals surface area (Å²) in [6.07, 6.45) is -1.12. The summed E-state index contributed by atoms with van der Waals surface area (Å²) in [6, 6.07) is 9.61. The Bertz CT molecular complexity index is 643. The molecule has 6 nitrogen and oxygen atoms in total. The first-order chi connectivity index (χ1) is 11.7. The van der Waals surface area contributed by atoms with Crippen molar-refractivity contribution in [1.82, 2.24) is 4.31 Å². The second-order valence-electron chi connectivity index (χ2n) is 5.32. The van der Waals surface area contributed by atoms with Crippen LogP contribution in [0.3, 0.4) is 0 Å². The maximum absolute atomic E-state index is 12.2. The molecule has 0 aliphatic rings. The SMILES string of the molecule is CSC(C)=NOC(=O)N(C)SN(c1ccccc1)P(C)(=S)OC(C)C. The van der Waals surface area contributed by atoms with Crippen LogP contribution in [0.2, 0.25) is 0 Å². The van der Waals surface area contributed by atoms with Gasteiger partial charge in [0.05, 0.1) is 23.9 Å². The molecule has 1 rings (SSSR count). The highest BCUT2D eigenvalue weighted by Crippen LogP contribution is 2.55. The first kappa shape index (κ1) is 22.3. The third-order valence-corrected chi connectivity index (χ3v) is 8.06. The molecule has 0 N–H and O–H groups in total. The van der Waals surface area contributed by atoms with E-state index in [-0.39, 0.29) is 6.10 Å². The van der Waals surface area contributed by atoms with Crippen molar-refractivity contribution in [3.8, 4) is 0 Å². The Hall–Kier alpha value is -0.730. The van der Waals surface area contributed by atoms with Crippen LogP contribution < -0.4 is 4.08 Å². The third-order valence-electron chi connectivity index (χ3n) is 2.72. The van der Waals surface area contributed by atoms with Crippen LogP contribution in [0.4, 0.5) is 10.5 Å². The van der Waals surface area contributed by atoms with Crippen molar-refractivity contribution in [3.05, 3.63) is 30.3 Å². The Morgan fingerprint density at radius 3 is 2.44 bits per heavy atom. The van der Waals surface area contributed by atoms with Gasteiger partial charge in [0.25, 0.3) is 0 Å². The van der Waals surface area contributed by atoms with Gasteiger partial charge >= 0.3 is 6.09 Å². The zero-order valence-corrected chi connectivity index (χ0v) is 18.5. The van der Waals surface area contributed by atoms with Gasteiger partial charge < -0.3 is 4.52 Å². The fraction of sp³-hybridized carbons (Fsp3) is 0.467. The lowest BCUT2D eigenvalue weighted by Crippen LogP contribution is -2.26. The van der Waals surface area contributed by atoms with Gasteiger partial charge in [0.15, 0.2) is 6.42 Å². The topological polar surface area (TPSA) is 54.4 Å². The van der Waals surface area contributed by atoms with Crippen LogP contribution in [-0.4, -0.2) is 41.5 Å². The van der Waals surface area contributed by atoms with Gasteiger partial charge in [0.1, 0.15) is 5.04 Å². The number of hydrogen-bond acceptors (Lipinski definition) is 7. The number of carbonyl (C=O) groups is 1. The van der Waals surface area contributed by atoms with E-state index in [2.05, 4.69) is 5.16 Å². The standard InChI is InChI=1S/C15H24N3O3PS3/c1-12(2)21-22(5,23)18(14-10-8-7-9-11-14)25-17(4)15(19)20-16-13(3)24-6/h7-12H,1-6H3. The van der Waals surface area contributed by atoms with E-state index in [1.807, 2.05) is 61.2 Å². The van der Waals surface area contributed by atoms with E-state index in [4.69, 9.17) is 21.2 Å². The lowest BCUT2D eigenvalue weighted by atomic mass is 10.3. The Morgan fingerprint density at radius 1 is 1.32 bits per heavy atom. The molecule has 1 atom stereocenters. The minimum Gasteiger partial charge on any atom is -0.331 e. The number of carbonyl (C=O) groups excluding carboxylic acids is 1. The molecule has 25 heavy (non-hydrogen) atoms. The van der Waals surface area contributed by atoms with E-state index in [9.17, 15) is 4.79 Å². The molecule has 0 fully saturated rings. The second-order valence-corrected chi connectivity index (χ2v) is 11.9. The van der Waals surface area contributed by atoms with Crippen LogP contribution in [0.5, 0.6) is 0 Å². The van der Waals surface area contributed by atoms with Crippen molar-refractivity contribution in [2.45, 2.75) is 26.9 Å². The normalized spacial score (nSPS) is 14.1. The average Bonchev–Trinajstić information content (AvgIpc) is 2.56. The second kappa shape index (κ2) is 10.4. The van der Waals surface area contributed by atoms with E-state index in [0.717, 1.165) is 17.8 Å². The van der Waals surface area contributed by atoms with E-state index < -0.39 is 12.5 Å².